The van der Waals surface area contributed by atoms with Crippen molar-refractivity contribution in [2.45, 2.75) is 82.6 Å². The number of nitrogens with zero attached hydrogens (tertiary/aromatic N) is 2. The molecule has 1 saturated carbocycles. The van der Waals surface area contributed by atoms with Gasteiger partial charge in [-0.1, -0.05) is 56.9 Å². The highest BCUT2D eigenvalue weighted by Crippen LogP contribution is 2.55. The van der Waals surface area contributed by atoms with Crippen LogP contribution in [0.5, 0.6) is 0 Å². The normalized spacial score (nSPS) is 35.9. The monoisotopic (exact) mass is 600 g/mol. The maximum atomic E-state index is 14.2. The van der Waals surface area contributed by atoms with Crippen LogP contribution in [-0.4, -0.2) is 77.5 Å². The first-order valence-electron chi connectivity index (χ1n) is 15.7. The smallest absolute Gasteiger partial charge is 0.246 e. The summed E-state index contributed by atoms with van der Waals surface area (Å²) in [5.74, 6) is -2.21. The van der Waals surface area contributed by atoms with Gasteiger partial charge in [-0.25, -0.2) is 4.39 Å². The molecule has 0 radical (unpaired) electrons. The first-order chi connectivity index (χ1) is 20.2. The molecule has 228 valence electrons. The minimum absolute atomic E-state index is 0.0342. The standard InChI is InChI=1S/C32H42ClFN4O4/c1-19-8-6-9-24(20(19)2)36-30(40)28-32-13-12-25(42-32)26(29(39)35-21-10-11-23(34)22(33)18-21)27(32)31(41)38(28)17-7-16-37-14-4-3-5-15-37/h10-13,18-20,24-28H,3-9,14-17H2,1-2H3,(H,35,39)(H,36,40)/t19-,20-,24+,25+,26-,27+,28+,32+/m1/s1. The van der Waals surface area contributed by atoms with Gasteiger partial charge in [0.05, 0.1) is 23.0 Å². The number of hydrogen-bond acceptors (Lipinski definition) is 5. The van der Waals surface area contributed by atoms with Crippen molar-refractivity contribution < 1.29 is 23.5 Å². The number of ether oxygens (including phenoxy) is 1. The lowest BCUT2D eigenvalue weighted by atomic mass is 9.73. The van der Waals surface area contributed by atoms with Crippen LogP contribution in [0.25, 0.3) is 0 Å². The van der Waals surface area contributed by atoms with Crippen LogP contribution in [0.1, 0.15) is 58.8 Å². The average Bonchev–Trinajstić information content (AvgIpc) is 3.61. The first kappa shape index (κ1) is 29.6. The van der Waals surface area contributed by atoms with E-state index < -0.39 is 41.3 Å². The number of likely N-dealkylation sites (tertiary alicyclic amines) is 2. The fourth-order valence-electron chi connectivity index (χ4n) is 8.00. The van der Waals surface area contributed by atoms with E-state index >= 15 is 0 Å². The number of fused-ring (bicyclic) bond motifs is 1. The molecule has 0 unspecified atom stereocenters. The number of amides is 3. The summed E-state index contributed by atoms with van der Waals surface area (Å²) in [5, 5.41) is 6.01. The Bertz CT molecular complexity index is 1250. The van der Waals surface area contributed by atoms with E-state index in [2.05, 4.69) is 29.4 Å². The van der Waals surface area contributed by atoms with Gasteiger partial charge >= 0.3 is 0 Å². The highest BCUT2D eigenvalue weighted by atomic mass is 35.5. The molecule has 4 heterocycles. The van der Waals surface area contributed by atoms with Gasteiger partial charge in [0.2, 0.25) is 17.7 Å². The molecule has 4 aliphatic heterocycles. The van der Waals surface area contributed by atoms with Crippen molar-refractivity contribution >= 4 is 35.0 Å². The van der Waals surface area contributed by atoms with Crippen LogP contribution in [0, 0.1) is 29.5 Å². The second kappa shape index (κ2) is 11.9. The molecule has 1 aliphatic carbocycles. The van der Waals surface area contributed by atoms with Crippen molar-refractivity contribution in [2.75, 3.05) is 31.5 Å². The van der Waals surface area contributed by atoms with Crippen LogP contribution in [0.2, 0.25) is 5.02 Å². The lowest BCUT2D eigenvalue weighted by Crippen LogP contribution is -2.58. The third-order valence-electron chi connectivity index (χ3n) is 10.5. The first-order valence-corrected chi connectivity index (χ1v) is 16.0. The number of carbonyl (C=O) groups is 3. The maximum absolute atomic E-state index is 14.2. The van der Waals surface area contributed by atoms with Crippen LogP contribution in [0.15, 0.2) is 30.4 Å². The van der Waals surface area contributed by atoms with Gasteiger partial charge in [-0.3, -0.25) is 14.4 Å². The van der Waals surface area contributed by atoms with Crippen LogP contribution in [0.4, 0.5) is 10.1 Å². The summed E-state index contributed by atoms with van der Waals surface area (Å²) in [7, 11) is 0. The number of carbonyl (C=O) groups excluding carboxylic acids is 3. The lowest BCUT2D eigenvalue weighted by Gasteiger charge is -2.38. The Morgan fingerprint density at radius 2 is 1.88 bits per heavy atom. The van der Waals surface area contributed by atoms with Crippen molar-refractivity contribution in [3.63, 3.8) is 0 Å². The minimum atomic E-state index is -1.21. The molecule has 2 bridgehead atoms. The molecule has 42 heavy (non-hydrogen) atoms. The number of nitrogens with one attached hydrogen (secondary N) is 2. The molecule has 1 aromatic rings. The van der Waals surface area contributed by atoms with E-state index in [0.29, 0.717) is 24.1 Å². The highest BCUT2D eigenvalue weighted by Gasteiger charge is 2.72. The van der Waals surface area contributed by atoms with Crippen molar-refractivity contribution in [1.82, 2.24) is 15.1 Å². The average molecular weight is 601 g/mol. The van der Waals surface area contributed by atoms with Crippen molar-refractivity contribution in [3.8, 4) is 0 Å². The summed E-state index contributed by atoms with van der Waals surface area (Å²) in [6.07, 6.45) is 10.5. The molecule has 10 heteroatoms. The number of benzene rings is 1. The number of halogens is 2. The topological polar surface area (TPSA) is 91.0 Å². The van der Waals surface area contributed by atoms with Crippen LogP contribution in [-0.2, 0) is 19.1 Å². The Morgan fingerprint density at radius 1 is 1.10 bits per heavy atom. The zero-order valence-corrected chi connectivity index (χ0v) is 25.2. The summed E-state index contributed by atoms with van der Waals surface area (Å²) in [6, 6.07) is 3.16. The van der Waals surface area contributed by atoms with Gasteiger partial charge in [0.1, 0.15) is 17.5 Å². The molecule has 5 aliphatic rings. The zero-order valence-electron chi connectivity index (χ0n) is 24.5. The Morgan fingerprint density at radius 3 is 2.64 bits per heavy atom. The van der Waals surface area contributed by atoms with Crippen LogP contribution in [0.3, 0.4) is 0 Å². The van der Waals surface area contributed by atoms with E-state index in [1.54, 1.807) is 4.90 Å². The van der Waals surface area contributed by atoms with Gasteiger partial charge in [-0.05, 0) is 75.4 Å². The highest BCUT2D eigenvalue weighted by molar-refractivity contribution is 6.31. The SMILES string of the molecule is C[C@@H]1[C@H](C)CCC[C@@H]1NC(=O)[C@@H]1N(CCCN2CCCCC2)C(=O)[C@@H]2[C@H](C(=O)Nc3ccc(F)c(Cl)c3)[C@@H]3C=C[C@]21O3. The molecule has 4 fully saturated rings. The van der Waals surface area contributed by atoms with Gasteiger partial charge in [-0.15, -0.1) is 0 Å². The summed E-state index contributed by atoms with van der Waals surface area (Å²) >= 11 is 5.94. The third kappa shape index (κ3) is 5.26. The molecule has 2 N–H and O–H groups in total. The van der Waals surface area contributed by atoms with Gasteiger partial charge in [0, 0.05) is 18.3 Å². The number of rotatable bonds is 8. The molecule has 1 spiro atoms. The van der Waals surface area contributed by atoms with Gasteiger partial charge in [-0.2, -0.15) is 0 Å². The lowest BCUT2D eigenvalue weighted by molar-refractivity contribution is -0.141. The summed E-state index contributed by atoms with van der Waals surface area (Å²) in [5.41, 5.74) is -0.867. The van der Waals surface area contributed by atoms with Gasteiger partial charge in [0.15, 0.2) is 0 Å². The summed E-state index contributed by atoms with van der Waals surface area (Å²) in [4.78, 5) is 46.1. The minimum Gasteiger partial charge on any atom is -0.359 e. The van der Waals surface area contributed by atoms with Crippen LogP contribution >= 0.6 is 11.6 Å². The van der Waals surface area contributed by atoms with E-state index in [0.717, 1.165) is 45.3 Å². The van der Waals surface area contributed by atoms with E-state index in [9.17, 15) is 18.8 Å². The molecule has 3 amide bonds. The molecule has 8 atom stereocenters. The van der Waals surface area contributed by atoms with Crippen molar-refractivity contribution in [2.24, 2.45) is 23.7 Å². The molecule has 1 aromatic carbocycles. The van der Waals surface area contributed by atoms with E-state index in [1.807, 2.05) is 12.2 Å². The number of anilines is 1. The Labute approximate surface area is 252 Å². The van der Waals surface area contributed by atoms with Gasteiger partial charge < -0.3 is 25.2 Å². The Hall–Kier alpha value is -2.49. The van der Waals surface area contributed by atoms with E-state index in [-0.39, 0.29) is 22.9 Å². The molecule has 6 rings (SSSR count). The molecule has 0 aromatic heterocycles. The predicted octanol–water partition coefficient (Wildman–Crippen LogP) is 4.39. The second-order valence-corrected chi connectivity index (χ2v) is 13.4. The second-order valence-electron chi connectivity index (χ2n) is 13.0. The largest absolute Gasteiger partial charge is 0.359 e. The number of hydrogen-bond donors (Lipinski definition) is 2. The van der Waals surface area contributed by atoms with Crippen molar-refractivity contribution in [3.05, 3.63) is 41.2 Å². The van der Waals surface area contributed by atoms with Crippen molar-refractivity contribution in [1.29, 1.82) is 0 Å². The van der Waals surface area contributed by atoms with Gasteiger partial charge in [0.25, 0.3) is 0 Å². The molecular weight excluding hydrogens is 559 g/mol. The third-order valence-corrected chi connectivity index (χ3v) is 10.8. The maximum Gasteiger partial charge on any atom is 0.246 e. The van der Waals surface area contributed by atoms with E-state index in [4.69, 9.17) is 16.3 Å². The fraction of sp³-hybridized carbons (Fsp3) is 0.656. The zero-order chi connectivity index (χ0) is 29.6. The van der Waals surface area contributed by atoms with E-state index in [1.165, 1.54) is 37.5 Å². The fourth-order valence-corrected chi connectivity index (χ4v) is 8.18. The number of piperidine rings is 1. The Balaban J connectivity index is 1.25. The summed E-state index contributed by atoms with van der Waals surface area (Å²) in [6.45, 7) is 7.82. The quantitative estimate of drug-likeness (QED) is 0.432. The predicted molar refractivity (Wildman–Crippen MR) is 158 cm³/mol. The molecule has 3 saturated heterocycles. The molecule has 8 nitrogen and oxygen atoms in total. The Kier molecular flexibility index (Phi) is 8.37. The molecular formula is C32H42ClFN4O4. The summed E-state index contributed by atoms with van der Waals surface area (Å²) < 4.78 is 20.2. The van der Waals surface area contributed by atoms with Crippen LogP contribution < -0.4 is 10.6 Å².